The number of carbonyl (C=O) groups excluding carboxylic acids is 1. The molecule has 2 aromatic rings. The van der Waals surface area contributed by atoms with Crippen LogP contribution in [0.5, 0.6) is 0 Å². The van der Waals surface area contributed by atoms with Gasteiger partial charge in [0.1, 0.15) is 4.88 Å². The van der Waals surface area contributed by atoms with E-state index in [4.69, 9.17) is 23.2 Å². The van der Waals surface area contributed by atoms with E-state index in [1.54, 1.807) is 24.3 Å². The van der Waals surface area contributed by atoms with Crippen LogP contribution in [0, 0.1) is 6.92 Å². The molecule has 142 valence electrons. The Balaban J connectivity index is 1.77. The number of halogens is 5. The van der Waals surface area contributed by atoms with Crippen molar-refractivity contribution in [2.24, 2.45) is 0 Å². The van der Waals surface area contributed by atoms with Crippen LogP contribution in [-0.4, -0.2) is 10.9 Å². The molecule has 1 aromatic heterocycles. The highest BCUT2D eigenvalue weighted by Crippen LogP contribution is 2.35. The molecule has 27 heavy (non-hydrogen) atoms. The number of benzene rings is 1. The molecule has 1 heterocycles. The summed E-state index contributed by atoms with van der Waals surface area (Å²) in [6.07, 6.45) is 1.06. The van der Waals surface area contributed by atoms with Crippen LogP contribution in [0.2, 0.25) is 10.0 Å². The molecule has 3 nitrogen and oxygen atoms in total. The van der Waals surface area contributed by atoms with Gasteiger partial charge in [-0.15, -0.1) is 11.3 Å². The Hall–Kier alpha value is -1.83. The first-order valence-electron chi connectivity index (χ1n) is 7.83. The minimum atomic E-state index is -4.68. The maximum Gasteiger partial charge on any atom is 0.435 e. The number of hydrogen-bond acceptors (Lipinski definition) is 3. The molecule has 3 rings (SSSR count). The van der Waals surface area contributed by atoms with Crippen molar-refractivity contribution in [1.29, 1.82) is 0 Å². The highest BCUT2D eigenvalue weighted by Gasteiger charge is 2.39. The first-order valence-corrected chi connectivity index (χ1v) is 9.40. The van der Waals surface area contributed by atoms with Crippen LogP contribution in [0.15, 0.2) is 42.1 Å². The Bertz CT molecular complexity index is 951. The molecule has 9 heteroatoms. The van der Waals surface area contributed by atoms with E-state index in [9.17, 15) is 18.0 Å². The van der Waals surface area contributed by atoms with Crippen molar-refractivity contribution in [3.05, 3.63) is 73.3 Å². The van der Waals surface area contributed by atoms with Crippen LogP contribution in [0.25, 0.3) is 0 Å². The fourth-order valence-corrected chi connectivity index (χ4v) is 3.86. The second-order valence-corrected chi connectivity index (χ2v) is 7.94. The van der Waals surface area contributed by atoms with E-state index in [1.165, 1.54) is 6.92 Å². The standard InChI is InChI=1S/C18H13Cl2F3N2OS/c1-9-24-16(18(21,22)23)15(27-9)17(26)25-12-4-2-3-10(7-12)11-5-6-13(19)14(20)8-11/h2-6,8,10H,7H2,1H3,(H,25,26). The average Bonchev–Trinajstić information content (AvgIpc) is 3.00. The predicted octanol–water partition coefficient (Wildman–Crippen LogP) is 6.13. The zero-order valence-corrected chi connectivity index (χ0v) is 16.2. The molecule has 1 aliphatic rings. The van der Waals surface area contributed by atoms with Gasteiger partial charge in [0, 0.05) is 11.6 Å². The summed E-state index contributed by atoms with van der Waals surface area (Å²) in [4.78, 5) is 15.4. The lowest BCUT2D eigenvalue weighted by atomic mass is 9.91. The van der Waals surface area contributed by atoms with E-state index < -0.39 is 22.7 Å². The minimum Gasteiger partial charge on any atom is -0.325 e. The zero-order chi connectivity index (χ0) is 19.8. The van der Waals surface area contributed by atoms with E-state index in [-0.39, 0.29) is 10.9 Å². The maximum atomic E-state index is 13.1. The van der Waals surface area contributed by atoms with Gasteiger partial charge in [0.2, 0.25) is 0 Å². The number of thiazole rings is 1. The number of amides is 1. The van der Waals surface area contributed by atoms with Crippen molar-refractivity contribution in [3.8, 4) is 0 Å². The number of aryl methyl sites for hydroxylation is 1. The fraction of sp³-hybridized carbons (Fsp3) is 0.222. The largest absolute Gasteiger partial charge is 0.435 e. The number of aromatic nitrogens is 1. The van der Waals surface area contributed by atoms with Crippen molar-refractivity contribution in [3.63, 3.8) is 0 Å². The molecule has 1 unspecified atom stereocenters. The second kappa shape index (κ2) is 7.66. The molecular formula is C18H13Cl2F3N2OS. The maximum absolute atomic E-state index is 13.1. The number of allylic oxidation sites excluding steroid dienone is 4. The number of rotatable bonds is 3. The molecule has 1 N–H and O–H groups in total. The summed E-state index contributed by atoms with van der Waals surface area (Å²) in [6.45, 7) is 1.43. The van der Waals surface area contributed by atoms with Crippen molar-refractivity contribution < 1.29 is 18.0 Å². The van der Waals surface area contributed by atoms with Crippen LogP contribution in [0.1, 0.15) is 38.3 Å². The first kappa shape index (κ1) is 19.9. The van der Waals surface area contributed by atoms with Gasteiger partial charge < -0.3 is 5.32 Å². The number of nitrogens with one attached hydrogen (secondary N) is 1. The molecule has 1 atom stereocenters. The van der Waals surface area contributed by atoms with Gasteiger partial charge in [-0.25, -0.2) is 4.98 Å². The topological polar surface area (TPSA) is 42.0 Å². The summed E-state index contributed by atoms with van der Waals surface area (Å²) in [5.74, 6) is -0.896. The van der Waals surface area contributed by atoms with Crippen LogP contribution in [0.4, 0.5) is 13.2 Å². The summed E-state index contributed by atoms with van der Waals surface area (Å²) in [5.41, 5.74) is 0.248. The van der Waals surface area contributed by atoms with Gasteiger partial charge in [-0.3, -0.25) is 4.79 Å². The summed E-state index contributed by atoms with van der Waals surface area (Å²) in [7, 11) is 0. The molecule has 1 aliphatic carbocycles. The third kappa shape index (κ3) is 4.54. The van der Waals surface area contributed by atoms with Gasteiger partial charge in [-0.05, 0) is 37.1 Å². The van der Waals surface area contributed by atoms with E-state index in [2.05, 4.69) is 10.3 Å². The van der Waals surface area contributed by atoms with Crippen molar-refractivity contribution in [2.75, 3.05) is 0 Å². The van der Waals surface area contributed by atoms with Gasteiger partial charge in [-0.2, -0.15) is 13.2 Å². The number of carbonyl (C=O) groups is 1. The average molecular weight is 433 g/mol. The van der Waals surface area contributed by atoms with Crippen molar-refractivity contribution >= 4 is 40.4 Å². The van der Waals surface area contributed by atoms with E-state index >= 15 is 0 Å². The molecule has 0 saturated heterocycles. The summed E-state index contributed by atoms with van der Waals surface area (Å²) >= 11 is 12.7. The lowest BCUT2D eigenvalue weighted by Crippen LogP contribution is -2.26. The molecular weight excluding hydrogens is 420 g/mol. The number of hydrogen-bond donors (Lipinski definition) is 1. The van der Waals surface area contributed by atoms with Gasteiger partial charge in [0.15, 0.2) is 5.69 Å². The van der Waals surface area contributed by atoms with Crippen LogP contribution in [0.3, 0.4) is 0 Å². The Labute approximate surface area is 167 Å². The number of nitrogens with zero attached hydrogens (tertiary/aromatic N) is 1. The van der Waals surface area contributed by atoms with E-state index in [0.717, 1.165) is 16.9 Å². The van der Waals surface area contributed by atoms with Gasteiger partial charge in [0.05, 0.1) is 15.1 Å². The Morgan fingerprint density at radius 1 is 1.30 bits per heavy atom. The fourth-order valence-electron chi connectivity index (χ4n) is 2.72. The highest BCUT2D eigenvalue weighted by molar-refractivity contribution is 7.13. The Morgan fingerprint density at radius 3 is 2.70 bits per heavy atom. The Morgan fingerprint density at radius 2 is 2.04 bits per heavy atom. The lowest BCUT2D eigenvalue weighted by Gasteiger charge is -2.20. The molecule has 0 aliphatic heterocycles. The number of alkyl halides is 3. The van der Waals surface area contributed by atoms with E-state index in [0.29, 0.717) is 22.2 Å². The van der Waals surface area contributed by atoms with Crippen LogP contribution in [-0.2, 0) is 6.18 Å². The summed E-state index contributed by atoms with van der Waals surface area (Å²) in [6, 6.07) is 5.24. The third-order valence-electron chi connectivity index (χ3n) is 3.94. The van der Waals surface area contributed by atoms with Crippen molar-refractivity contribution in [1.82, 2.24) is 10.3 Å². The Kier molecular flexibility index (Phi) is 5.65. The molecule has 0 spiro atoms. The summed E-state index contributed by atoms with van der Waals surface area (Å²) < 4.78 is 39.2. The lowest BCUT2D eigenvalue weighted by molar-refractivity contribution is -0.141. The van der Waals surface area contributed by atoms with Crippen LogP contribution < -0.4 is 5.32 Å². The molecule has 0 radical (unpaired) electrons. The molecule has 1 amide bonds. The highest BCUT2D eigenvalue weighted by atomic mass is 35.5. The first-order chi connectivity index (χ1) is 12.6. The summed E-state index contributed by atoms with van der Waals surface area (Å²) in [5, 5.41) is 3.60. The second-order valence-electron chi connectivity index (χ2n) is 5.92. The predicted molar refractivity (Wildman–Crippen MR) is 100 cm³/mol. The quantitative estimate of drug-likeness (QED) is 0.633. The molecule has 0 fully saturated rings. The molecule has 0 saturated carbocycles. The molecule has 0 bridgehead atoms. The smallest absolute Gasteiger partial charge is 0.325 e. The van der Waals surface area contributed by atoms with Crippen LogP contribution >= 0.6 is 34.5 Å². The minimum absolute atomic E-state index is 0.0784. The van der Waals surface area contributed by atoms with Gasteiger partial charge >= 0.3 is 6.18 Å². The normalized spacial score (nSPS) is 17.0. The third-order valence-corrected chi connectivity index (χ3v) is 5.64. The van der Waals surface area contributed by atoms with Gasteiger partial charge in [-0.1, -0.05) is 41.4 Å². The van der Waals surface area contributed by atoms with E-state index in [1.807, 2.05) is 12.1 Å². The zero-order valence-electron chi connectivity index (χ0n) is 13.9. The SMILES string of the molecule is Cc1nc(C(F)(F)F)c(C(=O)NC2=CC=CC(c3ccc(Cl)c(Cl)c3)C2)s1. The van der Waals surface area contributed by atoms with Gasteiger partial charge in [0.25, 0.3) is 5.91 Å². The molecule has 1 aromatic carbocycles. The van der Waals surface area contributed by atoms with Crippen molar-refractivity contribution in [2.45, 2.75) is 25.4 Å². The monoisotopic (exact) mass is 432 g/mol.